The van der Waals surface area contributed by atoms with Crippen LogP contribution < -0.4 is 11.5 Å². The van der Waals surface area contributed by atoms with Crippen LogP contribution in [0.3, 0.4) is 0 Å². The third kappa shape index (κ3) is 3.70. The predicted molar refractivity (Wildman–Crippen MR) is 62.2 cm³/mol. The summed E-state index contributed by atoms with van der Waals surface area (Å²) in [4.78, 5) is 14.8. The van der Waals surface area contributed by atoms with Crippen LogP contribution in [0.4, 0.5) is 0 Å². The third-order valence-electron chi connectivity index (χ3n) is 2.09. The second-order valence-corrected chi connectivity index (χ2v) is 3.37. The number of nitrogens with two attached hydrogens (primary N) is 2. The molecule has 0 radical (unpaired) electrons. The van der Waals surface area contributed by atoms with Gasteiger partial charge in [-0.15, -0.1) is 0 Å². The summed E-state index contributed by atoms with van der Waals surface area (Å²) in [6.07, 6.45) is 0.316. The largest absolute Gasteiger partial charge is 0.480 e. The molecule has 0 spiro atoms. The zero-order chi connectivity index (χ0) is 12.0. The van der Waals surface area contributed by atoms with Crippen molar-refractivity contribution in [3.8, 4) is 0 Å². The fourth-order valence-electron chi connectivity index (χ4n) is 1.28. The molecule has 1 unspecified atom stereocenters. The Hall–Kier alpha value is -1.88. The fraction of sp³-hybridized carbons (Fsp3) is 0.273. The lowest BCUT2D eigenvalue weighted by Crippen LogP contribution is -2.29. The van der Waals surface area contributed by atoms with Crippen LogP contribution in [0, 0.1) is 0 Å². The van der Waals surface area contributed by atoms with E-state index in [1.807, 2.05) is 30.3 Å². The first-order valence-corrected chi connectivity index (χ1v) is 4.92. The zero-order valence-corrected chi connectivity index (χ0v) is 8.84. The van der Waals surface area contributed by atoms with Crippen LogP contribution in [-0.4, -0.2) is 29.5 Å². The Morgan fingerprint density at radius 1 is 1.38 bits per heavy atom. The van der Waals surface area contributed by atoms with Gasteiger partial charge in [0.15, 0.2) is 6.04 Å². The third-order valence-corrected chi connectivity index (χ3v) is 2.09. The second kappa shape index (κ2) is 5.87. The number of amidine groups is 1. The average Bonchev–Trinajstić information content (AvgIpc) is 2.29. The van der Waals surface area contributed by atoms with E-state index in [0.717, 1.165) is 5.56 Å². The van der Waals surface area contributed by atoms with Gasteiger partial charge >= 0.3 is 5.97 Å². The molecule has 0 bridgehead atoms. The van der Waals surface area contributed by atoms with Gasteiger partial charge in [-0.1, -0.05) is 30.3 Å². The van der Waals surface area contributed by atoms with Crippen molar-refractivity contribution in [2.24, 2.45) is 16.5 Å². The van der Waals surface area contributed by atoms with Crippen molar-refractivity contribution in [3.05, 3.63) is 35.9 Å². The van der Waals surface area contributed by atoms with Gasteiger partial charge < -0.3 is 16.6 Å². The lowest BCUT2D eigenvalue weighted by molar-refractivity contribution is -0.138. The van der Waals surface area contributed by atoms with Crippen molar-refractivity contribution >= 4 is 11.8 Å². The number of carboxylic acids is 1. The highest BCUT2D eigenvalue weighted by atomic mass is 16.4. The number of aliphatic carboxylic acids is 1. The van der Waals surface area contributed by atoms with Crippen molar-refractivity contribution in [1.82, 2.24) is 0 Å². The van der Waals surface area contributed by atoms with Gasteiger partial charge in [0.05, 0.1) is 6.54 Å². The molecule has 16 heavy (non-hydrogen) atoms. The van der Waals surface area contributed by atoms with E-state index in [4.69, 9.17) is 16.6 Å². The van der Waals surface area contributed by atoms with E-state index < -0.39 is 12.0 Å². The average molecular weight is 221 g/mol. The summed E-state index contributed by atoms with van der Waals surface area (Å²) in [7, 11) is 0. The van der Waals surface area contributed by atoms with E-state index in [1.165, 1.54) is 0 Å². The summed E-state index contributed by atoms with van der Waals surface area (Å²) in [5.74, 6) is -0.844. The molecule has 86 valence electrons. The van der Waals surface area contributed by atoms with Crippen molar-refractivity contribution in [3.63, 3.8) is 0 Å². The van der Waals surface area contributed by atoms with Gasteiger partial charge in [-0.25, -0.2) is 4.79 Å². The van der Waals surface area contributed by atoms with Gasteiger partial charge in [0.2, 0.25) is 0 Å². The number of benzene rings is 1. The molecule has 0 heterocycles. The summed E-state index contributed by atoms with van der Waals surface area (Å²) in [5, 5.41) is 8.98. The Morgan fingerprint density at radius 3 is 2.50 bits per heavy atom. The number of carbonyl (C=O) groups is 1. The van der Waals surface area contributed by atoms with Gasteiger partial charge in [0.1, 0.15) is 5.84 Å². The minimum Gasteiger partial charge on any atom is -0.480 e. The van der Waals surface area contributed by atoms with Gasteiger partial charge in [0.25, 0.3) is 0 Å². The first kappa shape index (κ1) is 12.2. The van der Waals surface area contributed by atoms with Gasteiger partial charge in [-0.05, 0) is 5.56 Å². The lowest BCUT2D eigenvalue weighted by Gasteiger charge is -2.08. The molecule has 5 nitrogen and oxygen atoms in total. The molecule has 5 N–H and O–H groups in total. The molecular formula is C11H15N3O2. The van der Waals surface area contributed by atoms with Crippen LogP contribution in [-0.2, 0) is 11.2 Å². The molecule has 0 aliphatic rings. The predicted octanol–water partition coefficient (Wildman–Crippen LogP) is -0.00180. The first-order valence-electron chi connectivity index (χ1n) is 4.92. The van der Waals surface area contributed by atoms with E-state index >= 15 is 0 Å². The van der Waals surface area contributed by atoms with Crippen molar-refractivity contribution < 1.29 is 9.90 Å². The molecule has 0 aromatic heterocycles. The number of hydrogen-bond acceptors (Lipinski definition) is 3. The summed E-state index contributed by atoms with van der Waals surface area (Å²) in [6.45, 7) is 0.0680. The Balaban J connectivity index is 2.77. The molecule has 0 aliphatic carbocycles. The van der Waals surface area contributed by atoms with Crippen LogP contribution >= 0.6 is 0 Å². The monoisotopic (exact) mass is 221 g/mol. The van der Waals surface area contributed by atoms with E-state index in [-0.39, 0.29) is 12.4 Å². The molecule has 1 rings (SSSR count). The number of rotatable bonds is 5. The maximum Gasteiger partial charge on any atom is 0.328 e. The maximum absolute atomic E-state index is 11.0. The SMILES string of the molecule is NCC(N)=NC(Cc1ccccc1)C(=O)O. The van der Waals surface area contributed by atoms with Crippen molar-refractivity contribution in [2.45, 2.75) is 12.5 Å². The second-order valence-electron chi connectivity index (χ2n) is 3.37. The molecule has 0 saturated carbocycles. The molecule has 1 aromatic carbocycles. The van der Waals surface area contributed by atoms with Crippen LogP contribution in [0.1, 0.15) is 5.56 Å². The lowest BCUT2D eigenvalue weighted by atomic mass is 10.1. The molecule has 0 aliphatic heterocycles. The molecule has 0 amide bonds. The smallest absolute Gasteiger partial charge is 0.328 e. The molecule has 0 fully saturated rings. The number of nitrogens with zero attached hydrogens (tertiary/aromatic N) is 1. The summed E-state index contributed by atoms with van der Waals surface area (Å²) >= 11 is 0. The molecule has 1 aromatic rings. The highest BCUT2D eigenvalue weighted by Crippen LogP contribution is 2.06. The molecular weight excluding hydrogens is 206 g/mol. The minimum absolute atomic E-state index is 0.0680. The van der Waals surface area contributed by atoms with Gasteiger partial charge in [0, 0.05) is 6.42 Å². The quantitative estimate of drug-likeness (QED) is 0.481. The molecule has 5 heteroatoms. The Bertz CT molecular complexity index is 376. The maximum atomic E-state index is 11.0. The zero-order valence-electron chi connectivity index (χ0n) is 8.84. The molecule has 0 saturated heterocycles. The number of carboxylic acid groups (broad SMARTS) is 1. The van der Waals surface area contributed by atoms with Crippen LogP contribution in [0.5, 0.6) is 0 Å². The summed E-state index contributed by atoms with van der Waals surface area (Å²) in [6, 6.07) is 8.41. The topological polar surface area (TPSA) is 102 Å². The first-order chi connectivity index (χ1) is 7.63. The van der Waals surface area contributed by atoms with Gasteiger partial charge in [-0.2, -0.15) is 0 Å². The highest BCUT2D eigenvalue weighted by Gasteiger charge is 2.16. The van der Waals surface area contributed by atoms with E-state index in [1.54, 1.807) is 0 Å². The van der Waals surface area contributed by atoms with E-state index in [0.29, 0.717) is 6.42 Å². The summed E-state index contributed by atoms with van der Waals surface area (Å²) in [5.41, 5.74) is 11.6. The minimum atomic E-state index is -1.000. The van der Waals surface area contributed by atoms with Crippen LogP contribution in [0.25, 0.3) is 0 Å². The van der Waals surface area contributed by atoms with E-state index in [2.05, 4.69) is 4.99 Å². The number of aliphatic imine (C=N–C) groups is 1. The normalized spacial score (nSPS) is 13.4. The van der Waals surface area contributed by atoms with Crippen molar-refractivity contribution in [2.75, 3.05) is 6.54 Å². The van der Waals surface area contributed by atoms with Crippen LogP contribution in [0.15, 0.2) is 35.3 Å². The Morgan fingerprint density at radius 2 is 2.00 bits per heavy atom. The van der Waals surface area contributed by atoms with Gasteiger partial charge in [-0.3, -0.25) is 4.99 Å². The standard InChI is InChI=1S/C11H15N3O2/c12-7-10(13)14-9(11(15)16)6-8-4-2-1-3-5-8/h1-5,9H,6-7,12H2,(H2,13,14)(H,15,16). The fourth-order valence-corrected chi connectivity index (χ4v) is 1.28. The Labute approximate surface area is 93.8 Å². The summed E-state index contributed by atoms with van der Waals surface area (Å²) < 4.78 is 0. The number of hydrogen-bond donors (Lipinski definition) is 3. The molecule has 1 atom stereocenters. The van der Waals surface area contributed by atoms with E-state index in [9.17, 15) is 4.79 Å². The highest BCUT2D eigenvalue weighted by molar-refractivity contribution is 5.85. The van der Waals surface area contributed by atoms with Crippen LogP contribution in [0.2, 0.25) is 0 Å². The Kier molecular flexibility index (Phi) is 4.47. The van der Waals surface area contributed by atoms with Crippen molar-refractivity contribution in [1.29, 1.82) is 0 Å².